The lowest BCUT2D eigenvalue weighted by molar-refractivity contribution is -0.142. The molecular formula is C21H28N2O5. The average molecular weight is 388 g/mol. The third kappa shape index (κ3) is 4.52. The van der Waals surface area contributed by atoms with Crippen molar-refractivity contribution in [3.8, 4) is 0 Å². The second kappa shape index (κ2) is 8.73. The van der Waals surface area contributed by atoms with Crippen molar-refractivity contribution in [1.82, 2.24) is 9.80 Å². The van der Waals surface area contributed by atoms with E-state index in [1.54, 1.807) is 16.9 Å². The Hall–Kier alpha value is -2.41. The van der Waals surface area contributed by atoms with Gasteiger partial charge in [0.25, 0.3) is 5.91 Å². The number of benzene rings is 1. The van der Waals surface area contributed by atoms with E-state index in [0.717, 1.165) is 12.0 Å². The van der Waals surface area contributed by atoms with Gasteiger partial charge in [0.2, 0.25) is 5.91 Å². The van der Waals surface area contributed by atoms with Crippen molar-refractivity contribution in [1.29, 1.82) is 0 Å². The van der Waals surface area contributed by atoms with Crippen LogP contribution in [0.2, 0.25) is 0 Å². The Balaban J connectivity index is 1.68. The Bertz CT molecular complexity index is 733. The average Bonchev–Trinajstić information content (AvgIpc) is 3.09. The molecule has 2 amide bonds. The first-order chi connectivity index (χ1) is 13.4. The van der Waals surface area contributed by atoms with Gasteiger partial charge < -0.3 is 19.6 Å². The molecule has 0 bridgehead atoms. The minimum absolute atomic E-state index is 0.0595. The third-order valence-electron chi connectivity index (χ3n) is 5.76. The molecule has 0 radical (unpaired) electrons. The number of piperidine rings is 1. The number of hydrogen-bond donors (Lipinski definition) is 1. The van der Waals surface area contributed by atoms with Crippen LogP contribution in [-0.4, -0.2) is 71.6 Å². The lowest BCUT2D eigenvalue weighted by Crippen LogP contribution is -2.48. The predicted octanol–water partition coefficient (Wildman–Crippen LogP) is 1.94. The van der Waals surface area contributed by atoms with Crippen molar-refractivity contribution in [2.24, 2.45) is 5.92 Å². The van der Waals surface area contributed by atoms with E-state index in [2.05, 4.69) is 0 Å². The molecule has 1 aromatic rings. The fraction of sp³-hybridized carbons (Fsp3) is 0.571. The summed E-state index contributed by atoms with van der Waals surface area (Å²) in [5.74, 6) is -1.34. The van der Waals surface area contributed by atoms with E-state index in [-0.39, 0.29) is 36.3 Å². The molecule has 3 rings (SSSR count). The monoisotopic (exact) mass is 388 g/mol. The summed E-state index contributed by atoms with van der Waals surface area (Å²) in [6, 6.07) is 7.10. The van der Waals surface area contributed by atoms with Crippen LogP contribution in [0.3, 0.4) is 0 Å². The van der Waals surface area contributed by atoms with E-state index < -0.39 is 5.97 Å². The van der Waals surface area contributed by atoms with Gasteiger partial charge in [0.15, 0.2) is 0 Å². The Morgan fingerprint density at radius 2 is 1.89 bits per heavy atom. The first kappa shape index (κ1) is 20.3. The molecule has 7 nitrogen and oxygen atoms in total. The summed E-state index contributed by atoms with van der Waals surface area (Å²) < 4.78 is 5.37. The normalized spacial score (nSPS) is 25.0. The van der Waals surface area contributed by atoms with Crippen molar-refractivity contribution in [2.45, 2.75) is 44.8 Å². The zero-order valence-electron chi connectivity index (χ0n) is 16.5. The molecule has 2 aliphatic rings. The maximum absolute atomic E-state index is 13.1. The topological polar surface area (TPSA) is 87.2 Å². The first-order valence-electron chi connectivity index (χ1n) is 9.80. The zero-order chi connectivity index (χ0) is 20.3. The quantitative estimate of drug-likeness (QED) is 0.833. The highest BCUT2D eigenvalue weighted by Gasteiger charge is 2.40. The number of nitrogens with zero attached hydrogens (tertiary/aromatic N) is 2. The summed E-state index contributed by atoms with van der Waals surface area (Å²) in [6.45, 7) is 3.39. The van der Waals surface area contributed by atoms with Crippen LogP contribution in [0.1, 0.15) is 41.6 Å². The Kier molecular flexibility index (Phi) is 6.34. The molecule has 152 valence electrons. The third-order valence-corrected chi connectivity index (χ3v) is 5.76. The number of carbonyl (C=O) groups is 3. The minimum atomic E-state index is -0.917. The van der Waals surface area contributed by atoms with Crippen LogP contribution < -0.4 is 0 Å². The van der Waals surface area contributed by atoms with Crippen molar-refractivity contribution in [2.75, 3.05) is 26.7 Å². The Morgan fingerprint density at radius 1 is 1.18 bits per heavy atom. The van der Waals surface area contributed by atoms with Gasteiger partial charge in [-0.05, 0) is 38.3 Å². The molecule has 1 N–H and O–H groups in total. The highest BCUT2D eigenvalue weighted by molar-refractivity contribution is 5.94. The molecule has 0 spiro atoms. The van der Waals surface area contributed by atoms with Gasteiger partial charge in [-0.1, -0.05) is 17.7 Å². The van der Waals surface area contributed by atoms with Gasteiger partial charge in [0, 0.05) is 38.3 Å². The summed E-state index contributed by atoms with van der Waals surface area (Å²) >= 11 is 0. The number of amides is 2. The van der Waals surface area contributed by atoms with Gasteiger partial charge in [-0.25, -0.2) is 0 Å². The van der Waals surface area contributed by atoms with Crippen molar-refractivity contribution in [3.05, 3.63) is 35.4 Å². The van der Waals surface area contributed by atoms with Crippen LogP contribution in [-0.2, 0) is 14.3 Å². The smallest absolute Gasteiger partial charge is 0.305 e. The SMILES string of the molecule is COC1CC(CC(=O)O)N(C(=O)C2CCCN(C(=O)c3ccc(C)cc3)C2)C1. The van der Waals surface area contributed by atoms with Gasteiger partial charge in [0.1, 0.15) is 0 Å². The molecule has 2 saturated heterocycles. The summed E-state index contributed by atoms with van der Waals surface area (Å²) in [6.07, 6.45) is 1.79. The van der Waals surface area contributed by atoms with E-state index >= 15 is 0 Å². The van der Waals surface area contributed by atoms with Crippen molar-refractivity contribution < 1.29 is 24.2 Å². The lowest BCUT2D eigenvalue weighted by atomic mass is 9.95. The van der Waals surface area contributed by atoms with Crippen LogP contribution in [0.4, 0.5) is 0 Å². The fourth-order valence-electron chi connectivity index (χ4n) is 4.19. The zero-order valence-corrected chi connectivity index (χ0v) is 16.5. The standard InChI is InChI=1S/C21H28N2O5/c1-14-5-7-15(8-6-14)20(26)22-9-3-4-16(12-22)21(27)23-13-18(28-2)10-17(23)11-19(24)25/h5-8,16-18H,3-4,9-13H2,1-2H3,(H,24,25). The van der Waals surface area contributed by atoms with Crippen LogP contribution in [0, 0.1) is 12.8 Å². The molecule has 0 saturated carbocycles. The molecule has 3 atom stereocenters. The number of carboxylic acids is 1. The van der Waals surface area contributed by atoms with Crippen LogP contribution >= 0.6 is 0 Å². The number of ether oxygens (including phenoxy) is 1. The molecule has 0 aliphatic carbocycles. The maximum Gasteiger partial charge on any atom is 0.305 e. The maximum atomic E-state index is 13.1. The lowest BCUT2D eigenvalue weighted by Gasteiger charge is -2.35. The first-order valence-corrected chi connectivity index (χ1v) is 9.80. The highest BCUT2D eigenvalue weighted by atomic mass is 16.5. The Morgan fingerprint density at radius 3 is 2.54 bits per heavy atom. The molecule has 7 heteroatoms. The largest absolute Gasteiger partial charge is 0.481 e. The number of aryl methyl sites for hydroxylation is 1. The number of aliphatic carboxylic acids is 1. The molecular weight excluding hydrogens is 360 g/mol. The van der Waals surface area contributed by atoms with E-state index in [1.807, 2.05) is 31.2 Å². The van der Waals surface area contributed by atoms with Gasteiger partial charge in [-0.15, -0.1) is 0 Å². The summed E-state index contributed by atoms with van der Waals surface area (Å²) in [5.41, 5.74) is 1.72. The summed E-state index contributed by atoms with van der Waals surface area (Å²) in [4.78, 5) is 40.5. The van der Waals surface area contributed by atoms with E-state index in [0.29, 0.717) is 38.0 Å². The van der Waals surface area contributed by atoms with Crippen molar-refractivity contribution in [3.63, 3.8) is 0 Å². The molecule has 2 heterocycles. The van der Waals surface area contributed by atoms with E-state index in [9.17, 15) is 19.5 Å². The molecule has 1 aromatic carbocycles. The predicted molar refractivity (Wildman–Crippen MR) is 103 cm³/mol. The molecule has 2 fully saturated rings. The van der Waals surface area contributed by atoms with E-state index in [4.69, 9.17) is 4.74 Å². The van der Waals surface area contributed by atoms with E-state index in [1.165, 1.54) is 0 Å². The fourth-order valence-corrected chi connectivity index (χ4v) is 4.19. The molecule has 0 aromatic heterocycles. The number of rotatable bonds is 5. The summed E-state index contributed by atoms with van der Waals surface area (Å²) in [7, 11) is 1.58. The van der Waals surface area contributed by atoms with Gasteiger partial charge in [-0.3, -0.25) is 14.4 Å². The number of methoxy groups -OCH3 is 1. The van der Waals surface area contributed by atoms with Crippen LogP contribution in [0.15, 0.2) is 24.3 Å². The second-order valence-corrected chi connectivity index (χ2v) is 7.79. The highest BCUT2D eigenvalue weighted by Crippen LogP contribution is 2.28. The molecule has 2 aliphatic heterocycles. The van der Waals surface area contributed by atoms with Crippen LogP contribution in [0.25, 0.3) is 0 Å². The van der Waals surface area contributed by atoms with Gasteiger partial charge >= 0.3 is 5.97 Å². The van der Waals surface area contributed by atoms with Crippen molar-refractivity contribution >= 4 is 17.8 Å². The number of carboxylic acid groups (broad SMARTS) is 1. The second-order valence-electron chi connectivity index (χ2n) is 7.79. The van der Waals surface area contributed by atoms with Gasteiger partial charge in [-0.2, -0.15) is 0 Å². The van der Waals surface area contributed by atoms with Gasteiger partial charge in [0.05, 0.1) is 18.4 Å². The Labute approximate surface area is 165 Å². The number of hydrogen-bond acceptors (Lipinski definition) is 4. The molecule has 28 heavy (non-hydrogen) atoms. The number of likely N-dealkylation sites (tertiary alicyclic amines) is 2. The summed E-state index contributed by atoms with van der Waals surface area (Å²) in [5, 5.41) is 9.17. The number of carbonyl (C=O) groups excluding carboxylic acids is 2. The van der Waals surface area contributed by atoms with Crippen LogP contribution in [0.5, 0.6) is 0 Å². The minimum Gasteiger partial charge on any atom is -0.481 e. The molecule has 3 unspecified atom stereocenters.